The zero-order valence-electron chi connectivity index (χ0n) is 11.7. The summed E-state index contributed by atoms with van der Waals surface area (Å²) in [6.45, 7) is 2.05. The highest BCUT2D eigenvalue weighted by molar-refractivity contribution is 6.03. The molecule has 108 valence electrons. The quantitative estimate of drug-likeness (QED) is 0.433. The summed E-state index contributed by atoms with van der Waals surface area (Å²) in [6.07, 6.45) is 4.49. The average molecular weight is 276 g/mol. The second kappa shape index (κ2) is 6.76. The van der Waals surface area contributed by atoms with Crippen molar-refractivity contribution in [2.75, 3.05) is 37.4 Å². The van der Waals surface area contributed by atoms with Gasteiger partial charge in [-0.3, -0.25) is 4.79 Å². The summed E-state index contributed by atoms with van der Waals surface area (Å²) in [4.78, 5) is 18.6. The number of carbonyl (C=O) groups is 1. The number of carbonyl (C=O) groups excluding carboxylic acids is 1. The molecule has 0 saturated carbocycles. The molecule has 1 aliphatic heterocycles. The van der Waals surface area contributed by atoms with E-state index in [-0.39, 0.29) is 5.91 Å². The Kier molecular flexibility index (Phi) is 4.78. The molecule has 1 amide bonds. The minimum Gasteiger partial charge on any atom is -0.392 e. The Labute approximate surface area is 118 Å². The van der Waals surface area contributed by atoms with Gasteiger partial charge in [0.25, 0.3) is 5.91 Å². The molecule has 0 atom stereocenters. The Morgan fingerprint density at radius 1 is 1.40 bits per heavy atom. The van der Waals surface area contributed by atoms with Crippen molar-refractivity contribution in [1.82, 2.24) is 21.2 Å². The van der Waals surface area contributed by atoms with Gasteiger partial charge in [0.1, 0.15) is 11.5 Å². The van der Waals surface area contributed by atoms with Crippen molar-refractivity contribution < 1.29 is 4.79 Å². The summed E-state index contributed by atoms with van der Waals surface area (Å²) >= 11 is 0. The zero-order valence-corrected chi connectivity index (χ0v) is 11.7. The summed E-state index contributed by atoms with van der Waals surface area (Å²) in [5, 5.41) is 5.66. The Bertz CT molecular complexity index is 497. The van der Waals surface area contributed by atoms with Crippen molar-refractivity contribution in [2.24, 2.45) is 0 Å². The summed E-state index contributed by atoms with van der Waals surface area (Å²) in [6, 6.07) is 3.66. The van der Waals surface area contributed by atoms with E-state index in [1.54, 1.807) is 32.6 Å². The van der Waals surface area contributed by atoms with Gasteiger partial charge in [0.05, 0.1) is 0 Å². The number of anilines is 2. The SMILES string of the molecule is CN/C=C(\NNC)C(=O)Nc1ccnc(N2CCC2)c1. The van der Waals surface area contributed by atoms with Crippen LogP contribution in [0.3, 0.4) is 0 Å². The molecule has 20 heavy (non-hydrogen) atoms. The van der Waals surface area contributed by atoms with Crippen LogP contribution in [0.25, 0.3) is 0 Å². The predicted octanol–water partition coefficient (Wildman–Crippen LogP) is 0.0150. The van der Waals surface area contributed by atoms with E-state index in [4.69, 9.17) is 0 Å². The second-order valence-corrected chi connectivity index (χ2v) is 4.42. The smallest absolute Gasteiger partial charge is 0.274 e. The van der Waals surface area contributed by atoms with E-state index in [0.29, 0.717) is 5.70 Å². The van der Waals surface area contributed by atoms with E-state index in [1.165, 1.54) is 6.42 Å². The number of rotatable bonds is 6. The van der Waals surface area contributed by atoms with E-state index < -0.39 is 0 Å². The zero-order chi connectivity index (χ0) is 14.4. The van der Waals surface area contributed by atoms with Gasteiger partial charge in [-0.2, -0.15) is 0 Å². The lowest BCUT2D eigenvalue weighted by atomic mass is 10.2. The third kappa shape index (κ3) is 3.39. The second-order valence-electron chi connectivity index (χ2n) is 4.42. The molecule has 1 fully saturated rings. The van der Waals surface area contributed by atoms with Gasteiger partial charge >= 0.3 is 0 Å². The van der Waals surface area contributed by atoms with Gasteiger partial charge in [-0.15, -0.1) is 0 Å². The lowest BCUT2D eigenvalue weighted by Crippen LogP contribution is -2.37. The first kappa shape index (κ1) is 14.1. The van der Waals surface area contributed by atoms with Gasteiger partial charge in [0, 0.05) is 51.3 Å². The fourth-order valence-corrected chi connectivity index (χ4v) is 1.85. The minimum absolute atomic E-state index is 0.227. The van der Waals surface area contributed by atoms with Crippen molar-refractivity contribution in [2.45, 2.75) is 6.42 Å². The van der Waals surface area contributed by atoms with Gasteiger partial charge in [-0.05, 0) is 12.5 Å². The Morgan fingerprint density at radius 2 is 2.20 bits per heavy atom. The van der Waals surface area contributed by atoms with Gasteiger partial charge in [0.2, 0.25) is 0 Å². The van der Waals surface area contributed by atoms with E-state index in [2.05, 4.69) is 31.4 Å². The largest absolute Gasteiger partial charge is 0.392 e. The molecule has 1 aliphatic rings. The molecule has 2 rings (SSSR count). The number of nitrogens with zero attached hydrogens (tertiary/aromatic N) is 2. The summed E-state index contributed by atoms with van der Waals surface area (Å²) < 4.78 is 0. The monoisotopic (exact) mass is 276 g/mol. The van der Waals surface area contributed by atoms with Gasteiger partial charge in [0.15, 0.2) is 0 Å². The number of hydrogen-bond donors (Lipinski definition) is 4. The van der Waals surface area contributed by atoms with Crippen molar-refractivity contribution in [3.8, 4) is 0 Å². The predicted molar refractivity (Wildman–Crippen MR) is 79.0 cm³/mol. The van der Waals surface area contributed by atoms with E-state index in [0.717, 1.165) is 24.6 Å². The third-order valence-electron chi connectivity index (χ3n) is 2.98. The molecule has 4 N–H and O–H groups in total. The van der Waals surface area contributed by atoms with E-state index in [9.17, 15) is 4.79 Å². The maximum Gasteiger partial charge on any atom is 0.274 e. The van der Waals surface area contributed by atoms with Gasteiger partial charge in [-0.1, -0.05) is 0 Å². The fourth-order valence-electron chi connectivity index (χ4n) is 1.85. The maximum absolute atomic E-state index is 12.1. The molecule has 7 nitrogen and oxygen atoms in total. The first-order valence-corrected chi connectivity index (χ1v) is 6.57. The van der Waals surface area contributed by atoms with Crippen LogP contribution in [0.4, 0.5) is 11.5 Å². The first-order chi connectivity index (χ1) is 9.74. The number of nitrogens with one attached hydrogen (secondary N) is 4. The van der Waals surface area contributed by atoms with E-state index >= 15 is 0 Å². The first-order valence-electron chi connectivity index (χ1n) is 6.57. The van der Waals surface area contributed by atoms with Crippen LogP contribution >= 0.6 is 0 Å². The molecule has 0 spiro atoms. The molecular formula is C13H20N6O. The van der Waals surface area contributed by atoms with Crippen LogP contribution in [0.5, 0.6) is 0 Å². The van der Waals surface area contributed by atoms with Crippen LogP contribution < -0.4 is 26.4 Å². The number of aromatic nitrogens is 1. The molecule has 0 unspecified atom stereocenters. The topological polar surface area (TPSA) is 81.3 Å². The summed E-state index contributed by atoms with van der Waals surface area (Å²) in [7, 11) is 3.43. The molecule has 0 bridgehead atoms. The molecule has 2 heterocycles. The Hall–Kier alpha value is -2.28. The van der Waals surface area contributed by atoms with Crippen molar-refractivity contribution in [1.29, 1.82) is 0 Å². The van der Waals surface area contributed by atoms with Crippen molar-refractivity contribution >= 4 is 17.4 Å². The molecular weight excluding hydrogens is 256 g/mol. The Balaban J connectivity index is 2.04. The molecule has 0 radical (unpaired) electrons. The van der Waals surface area contributed by atoms with Crippen LogP contribution in [-0.2, 0) is 4.79 Å². The van der Waals surface area contributed by atoms with Crippen LogP contribution in [-0.4, -0.2) is 38.1 Å². The van der Waals surface area contributed by atoms with Crippen LogP contribution in [0.2, 0.25) is 0 Å². The van der Waals surface area contributed by atoms with Crippen LogP contribution in [0, 0.1) is 0 Å². The highest BCUT2D eigenvalue weighted by Crippen LogP contribution is 2.21. The molecule has 0 aromatic carbocycles. The normalized spacial score (nSPS) is 14.5. The van der Waals surface area contributed by atoms with E-state index in [1.807, 2.05) is 6.07 Å². The molecule has 1 saturated heterocycles. The lowest BCUT2D eigenvalue weighted by Gasteiger charge is -2.32. The fraction of sp³-hybridized carbons (Fsp3) is 0.385. The standard InChI is InChI=1S/C13H20N6O/c1-14-9-11(18-15-2)13(20)17-10-4-5-16-12(8-10)19-6-3-7-19/h4-5,8-9,14-15,18H,3,6-7H2,1-2H3,(H,16,17,20)/b11-9-. The minimum atomic E-state index is -0.227. The molecule has 0 aliphatic carbocycles. The van der Waals surface area contributed by atoms with Gasteiger partial charge in [-0.25, -0.2) is 10.4 Å². The van der Waals surface area contributed by atoms with Crippen LogP contribution in [0.15, 0.2) is 30.2 Å². The van der Waals surface area contributed by atoms with Gasteiger partial charge < -0.3 is 21.0 Å². The highest BCUT2D eigenvalue weighted by atomic mass is 16.2. The van der Waals surface area contributed by atoms with Crippen molar-refractivity contribution in [3.63, 3.8) is 0 Å². The number of amides is 1. The molecule has 1 aromatic rings. The number of hydrogen-bond acceptors (Lipinski definition) is 6. The average Bonchev–Trinajstić information content (AvgIpc) is 2.37. The highest BCUT2D eigenvalue weighted by Gasteiger charge is 2.16. The van der Waals surface area contributed by atoms with Crippen molar-refractivity contribution in [3.05, 3.63) is 30.2 Å². The summed E-state index contributed by atoms with van der Waals surface area (Å²) in [5.41, 5.74) is 6.63. The van der Waals surface area contributed by atoms with Crippen LogP contribution in [0.1, 0.15) is 6.42 Å². The third-order valence-corrected chi connectivity index (χ3v) is 2.98. The lowest BCUT2D eigenvalue weighted by molar-refractivity contribution is -0.113. The molecule has 1 aromatic heterocycles. The number of pyridine rings is 1. The maximum atomic E-state index is 12.1. The molecule has 7 heteroatoms. The number of hydrazine groups is 1. The summed E-state index contributed by atoms with van der Waals surface area (Å²) in [5.74, 6) is 0.671. The Morgan fingerprint density at radius 3 is 2.80 bits per heavy atom.